The van der Waals surface area contributed by atoms with Gasteiger partial charge in [-0.1, -0.05) is 23.7 Å². The smallest absolute Gasteiger partial charge is 0.227 e. The summed E-state index contributed by atoms with van der Waals surface area (Å²) >= 11 is 6.00. The molecule has 0 aliphatic rings. The molecular formula is C13H15ClN4O. The Morgan fingerprint density at radius 1 is 1.32 bits per heavy atom. The molecule has 2 rings (SSSR count). The molecule has 0 spiro atoms. The van der Waals surface area contributed by atoms with Gasteiger partial charge >= 0.3 is 0 Å². The first kappa shape index (κ1) is 13.7. The van der Waals surface area contributed by atoms with E-state index in [4.69, 9.17) is 17.3 Å². The van der Waals surface area contributed by atoms with Gasteiger partial charge in [-0.15, -0.1) is 0 Å². The number of amides is 1. The summed E-state index contributed by atoms with van der Waals surface area (Å²) in [5.41, 5.74) is 6.57. The number of fused-ring (bicyclic) bond motifs is 1. The molecule has 2 aromatic rings. The van der Waals surface area contributed by atoms with E-state index in [0.29, 0.717) is 11.0 Å². The van der Waals surface area contributed by atoms with Crippen molar-refractivity contribution < 1.29 is 4.79 Å². The summed E-state index contributed by atoms with van der Waals surface area (Å²) < 4.78 is 0. The highest BCUT2D eigenvalue weighted by Crippen LogP contribution is 2.21. The third kappa shape index (κ3) is 3.62. The van der Waals surface area contributed by atoms with Crippen LogP contribution in [0.15, 0.2) is 24.3 Å². The van der Waals surface area contributed by atoms with E-state index in [1.54, 1.807) is 19.9 Å². The van der Waals surface area contributed by atoms with E-state index < -0.39 is 5.54 Å². The minimum atomic E-state index is -0.583. The first-order valence-electron chi connectivity index (χ1n) is 5.86. The van der Waals surface area contributed by atoms with Gasteiger partial charge in [-0.2, -0.15) is 0 Å². The molecular weight excluding hydrogens is 264 g/mol. The van der Waals surface area contributed by atoms with Crippen LogP contribution in [0.4, 0.5) is 5.82 Å². The van der Waals surface area contributed by atoms with Gasteiger partial charge in [-0.05, 0) is 26.0 Å². The number of halogens is 1. The van der Waals surface area contributed by atoms with E-state index in [0.717, 1.165) is 0 Å². The van der Waals surface area contributed by atoms with Gasteiger partial charge in [0.15, 0.2) is 11.0 Å². The predicted octanol–water partition coefficient (Wildman–Crippen LogP) is 2.35. The van der Waals surface area contributed by atoms with Crippen LogP contribution >= 0.6 is 11.6 Å². The second-order valence-electron chi connectivity index (χ2n) is 5.07. The third-order valence-electron chi connectivity index (χ3n) is 2.40. The SMILES string of the molecule is CC(C)(N)CC(=O)Nc1nc2ccccc2nc1Cl. The van der Waals surface area contributed by atoms with Crippen LogP contribution in [0, 0.1) is 0 Å². The van der Waals surface area contributed by atoms with Crippen molar-refractivity contribution in [1.29, 1.82) is 0 Å². The van der Waals surface area contributed by atoms with Crippen molar-refractivity contribution in [3.8, 4) is 0 Å². The summed E-state index contributed by atoms with van der Waals surface area (Å²) in [5, 5.41) is 2.80. The van der Waals surface area contributed by atoms with Crippen molar-refractivity contribution >= 4 is 34.4 Å². The maximum absolute atomic E-state index is 11.8. The average Bonchev–Trinajstić information content (AvgIpc) is 2.27. The number of anilines is 1. The number of para-hydroxylation sites is 2. The van der Waals surface area contributed by atoms with E-state index in [-0.39, 0.29) is 23.3 Å². The van der Waals surface area contributed by atoms with Gasteiger partial charge in [0.2, 0.25) is 5.91 Å². The lowest BCUT2D eigenvalue weighted by atomic mass is 10.0. The maximum atomic E-state index is 11.8. The number of nitrogens with one attached hydrogen (secondary N) is 1. The summed E-state index contributed by atoms with van der Waals surface area (Å²) in [6, 6.07) is 7.31. The van der Waals surface area contributed by atoms with Crippen LogP contribution in [0.3, 0.4) is 0 Å². The molecule has 1 amide bonds. The molecule has 19 heavy (non-hydrogen) atoms. The molecule has 0 unspecified atom stereocenters. The van der Waals surface area contributed by atoms with Gasteiger partial charge in [0, 0.05) is 12.0 Å². The minimum absolute atomic E-state index is 0.168. The normalized spacial score (nSPS) is 11.6. The third-order valence-corrected chi connectivity index (χ3v) is 2.67. The van der Waals surface area contributed by atoms with Crippen molar-refractivity contribution in [3.05, 3.63) is 29.4 Å². The Morgan fingerprint density at radius 3 is 2.47 bits per heavy atom. The molecule has 0 radical (unpaired) electrons. The molecule has 1 aromatic heterocycles. The Labute approximate surface area is 116 Å². The van der Waals surface area contributed by atoms with E-state index in [2.05, 4.69) is 15.3 Å². The van der Waals surface area contributed by atoms with E-state index in [1.807, 2.05) is 18.2 Å². The summed E-state index contributed by atoms with van der Waals surface area (Å²) in [5.74, 6) is 0.0218. The molecule has 3 N–H and O–H groups in total. The highest BCUT2D eigenvalue weighted by atomic mass is 35.5. The van der Waals surface area contributed by atoms with Crippen molar-refractivity contribution in [2.24, 2.45) is 5.73 Å². The van der Waals surface area contributed by atoms with Crippen LogP contribution in [0.1, 0.15) is 20.3 Å². The van der Waals surface area contributed by atoms with Gasteiger partial charge in [0.25, 0.3) is 0 Å². The molecule has 0 bridgehead atoms. The second kappa shape index (κ2) is 5.11. The highest BCUT2D eigenvalue weighted by molar-refractivity contribution is 6.32. The van der Waals surface area contributed by atoms with Crippen molar-refractivity contribution in [1.82, 2.24) is 9.97 Å². The quantitative estimate of drug-likeness (QED) is 0.903. The van der Waals surface area contributed by atoms with Crippen LogP contribution < -0.4 is 11.1 Å². The number of nitrogens with two attached hydrogens (primary N) is 1. The Kier molecular flexibility index (Phi) is 3.68. The lowest BCUT2D eigenvalue weighted by molar-refractivity contribution is -0.117. The van der Waals surface area contributed by atoms with Crippen LogP contribution in [-0.4, -0.2) is 21.4 Å². The topological polar surface area (TPSA) is 80.9 Å². The summed E-state index contributed by atoms with van der Waals surface area (Å²) in [6.45, 7) is 3.56. The number of carbonyl (C=O) groups is 1. The van der Waals surface area contributed by atoms with E-state index >= 15 is 0 Å². The van der Waals surface area contributed by atoms with Crippen LogP contribution in [0.25, 0.3) is 11.0 Å². The monoisotopic (exact) mass is 278 g/mol. The molecule has 5 nitrogen and oxygen atoms in total. The first-order valence-corrected chi connectivity index (χ1v) is 6.24. The van der Waals surface area contributed by atoms with Gasteiger partial charge in [-0.3, -0.25) is 4.79 Å². The van der Waals surface area contributed by atoms with Gasteiger partial charge < -0.3 is 11.1 Å². The molecule has 1 heterocycles. The van der Waals surface area contributed by atoms with Crippen LogP contribution in [0.5, 0.6) is 0 Å². The van der Waals surface area contributed by atoms with Gasteiger partial charge in [-0.25, -0.2) is 9.97 Å². The lowest BCUT2D eigenvalue weighted by Crippen LogP contribution is -2.36. The first-order chi connectivity index (χ1) is 8.85. The summed E-state index contributed by atoms with van der Waals surface area (Å²) in [7, 11) is 0. The fourth-order valence-corrected chi connectivity index (χ4v) is 1.83. The molecule has 0 atom stereocenters. The Morgan fingerprint density at radius 2 is 1.89 bits per heavy atom. The van der Waals surface area contributed by atoms with Crippen molar-refractivity contribution in [3.63, 3.8) is 0 Å². The second-order valence-corrected chi connectivity index (χ2v) is 5.42. The number of carbonyl (C=O) groups excluding carboxylic acids is 1. The number of aromatic nitrogens is 2. The molecule has 0 saturated heterocycles. The molecule has 6 heteroatoms. The van der Waals surface area contributed by atoms with Crippen molar-refractivity contribution in [2.45, 2.75) is 25.8 Å². The zero-order valence-electron chi connectivity index (χ0n) is 10.8. The highest BCUT2D eigenvalue weighted by Gasteiger charge is 2.18. The minimum Gasteiger partial charge on any atom is -0.325 e. The Bertz CT molecular complexity index is 622. The predicted molar refractivity (Wildman–Crippen MR) is 76.1 cm³/mol. The van der Waals surface area contributed by atoms with Gasteiger partial charge in [0.05, 0.1) is 11.0 Å². The fraction of sp³-hybridized carbons (Fsp3) is 0.308. The van der Waals surface area contributed by atoms with Crippen molar-refractivity contribution in [2.75, 3.05) is 5.32 Å². The van der Waals surface area contributed by atoms with E-state index in [1.165, 1.54) is 0 Å². The number of hydrogen-bond donors (Lipinski definition) is 2. The van der Waals surface area contributed by atoms with E-state index in [9.17, 15) is 4.79 Å². The molecule has 0 fully saturated rings. The lowest BCUT2D eigenvalue weighted by Gasteiger charge is -2.17. The summed E-state index contributed by atoms with van der Waals surface area (Å²) in [4.78, 5) is 20.3. The average molecular weight is 279 g/mol. The maximum Gasteiger partial charge on any atom is 0.227 e. The van der Waals surface area contributed by atoms with Crippen LogP contribution in [-0.2, 0) is 4.79 Å². The number of rotatable bonds is 3. The number of hydrogen-bond acceptors (Lipinski definition) is 4. The number of benzene rings is 1. The van der Waals surface area contributed by atoms with Gasteiger partial charge in [0.1, 0.15) is 0 Å². The Balaban J connectivity index is 2.25. The summed E-state index contributed by atoms with van der Waals surface area (Å²) in [6.07, 6.45) is 0.178. The standard InChI is InChI=1S/C13H15ClN4O/c1-13(2,15)7-10(19)18-12-11(14)16-8-5-3-4-6-9(8)17-12/h3-6H,7,15H2,1-2H3,(H,17,18,19). The molecule has 0 saturated carbocycles. The van der Waals surface area contributed by atoms with Crippen LogP contribution in [0.2, 0.25) is 5.15 Å². The zero-order valence-corrected chi connectivity index (χ0v) is 11.5. The zero-order chi connectivity index (χ0) is 14.0. The molecule has 0 aliphatic carbocycles. The Hall–Kier alpha value is -1.72. The molecule has 100 valence electrons. The fourth-order valence-electron chi connectivity index (χ4n) is 1.65. The number of nitrogens with zero attached hydrogens (tertiary/aromatic N) is 2. The molecule has 0 aliphatic heterocycles. The molecule has 1 aromatic carbocycles. The largest absolute Gasteiger partial charge is 0.325 e.